The van der Waals surface area contributed by atoms with Gasteiger partial charge in [0.25, 0.3) is 0 Å². The summed E-state index contributed by atoms with van der Waals surface area (Å²) in [5, 5.41) is 76.4. The van der Waals surface area contributed by atoms with E-state index in [1.165, 1.54) is 56.1 Å². The normalized spacial score (nSPS) is 22.2. The molecule has 2 aromatic heterocycles. The molecule has 8 aromatic rings. The molecular weight excluding hydrogens is 1640 g/mol. The van der Waals surface area contributed by atoms with Gasteiger partial charge in [-0.05, 0) is 96.7 Å². The Labute approximate surface area is 723 Å². The predicted octanol–water partition coefficient (Wildman–Crippen LogP) is 2.23. The molecule has 0 spiro atoms. The lowest BCUT2D eigenvalue weighted by Crippen LogP contribution is -2.62. The number of aromatic amines is 2. The van der Waals surface area contributed by atoms with Crippen molar-refractivity contribution in [1.82, 2.24) is 84.0 Å². The van der Waals surface area contributed by atoms with Crippen LogP contribution in [0.4, 0.5) is 13.2 Å². The molecule has 0 bridgehead atoms. The Morgan fingerprint density at radius 3 is 1.61 bits per heavy atom. The number of aliphatic hydroxyl groups is 3. The molecule has 16 atom stereocenters. The number of fused-ring (bicyclic) bond motifs is 2. The molecule has 1 saturated heterocycles. The highest BCUT2D eigenvalue weighted by Gasteiger charge is 2.42. The van der Waals surface area contributed by atoms with Crippen molar-refractivity contribution in [2.75, 3.05) is 20.2 Å². The number of amides is 13. The summed E-state index contributed by atoms with van der Waals surface area (Å²) in [4.78, 5) is 213. The second kappa shape index (κ2) is 44.8. The van der Waals surface area contributed by atoms with Crippen molar-refractivity contribution in [3.63, 3.8) is 0 Å². The van der Waals surface area contributed by atoms with E-state index in [0.717, 1.165) is 50.4 Å². The Kier molecular flexibility index (Phi) is 34.3. The molecule has 0 radical (unpaired) electrons. The van der Waals surface area contributed by atoms with Crippen molar-refractivity contribution < 1.29 is 101 Å². The SMILES string of the molecule is CCC(C)C1NC(=O)[C@H](Cc2c[nH]c3ccccc23)NC(=O)C([C@@H](C)O)NC(=O)[C@H](C)NC(=O)C[C@@H](C(=O)NC(C(=O)N[C@H](C(=O)N[C@@H](CO)C(=O)O)[C@@H](C)O)C(C)C)NC(=O)[C@H](c2ccccc2)NC(=O)C(Cc2ccc(C(F)(F)F)cc2)NC(=O)CCNC(=O)C(Cc2c[nH]c3ccccc23)N[C@H](c2ccccc2)NC(=O)[C@H](Cc2ccccc2)N(C)C1=O. The standard InChI is InChI=1S/C89H107F3N16O18/c1-9-48(4)72-87(124)108(8)68(40-52-23-13-10-14-24-52)82(119)107-76(55-27-17-12-18-28-55)98-64(41-56-44-94-61-31-21-19-29-59(56)61)78(115)93-38-37-69(112)97-63(39-53-33-35-58(36-34-53)89(90,91)92)79(116)106-75(54-25-15-11-16-26-54)86(123)100-66(81(118)102-71(47(2)3)83(120)105-74(51(7)111)85(122)101-67(46-109)88(125)126)43-70(113)96-49(5)77(114)104-73(50(6)110)84(121)99-65(80(117)103-72)42-57-45-95-62-32-22-20-30-60(57)62/h10-36,44-45,47-51,63-68,71-76,94-95,98,109-111H,9,37-43,46H2,1-8H3,(H,93,115)(H,96,113)(H,97,112)(H,99,121)(H,100,123)(H,101,122)(H,102,118)(H,103,117)(H,104,114)(H,105,120)(H,106,116)(H,107,119)(H,125,126)/t48?,49-,50+,51+,63?,64?,65-,66-,67-,68-,71?,72?,73?,74-,75-,76-/m0/s1. The minimum atomic E-state index is -4.81. The monoisotopic (exact) mass is 1740 g/mol. The molecule has 126 heavy (non-hydrogen) atoms. The summed E-state index contributed by atoms with van der Waals surface area (Å²) in [5.74, 6) is -17.4. The molecular formula is C89H107F3N16O18. The van der Waals surface area contributed by atoms with E-state index >= 15 is 33.6 Å². The van der Waals surface area contributed by atoms with Crippen molar-refractivity contribution in [3.05, 3.63) is 215 Å². The lowest BCUT2D eigenvalue weighted by Gasteiger charge is -2.35. The van der Waals surface area contributed by atoms with Crippen LogP contribution in [0.2, 0.25) is 0 Å². The minimum Gasteiger partial charge on any atom is -0.480 e. The number of H-pyrrole nitrogens is 2. The number of aromatic nitrogens is 2. The quantitative estimate of drug-likeness (QED) is 0.0436. The van der Waals surface area contributed by atoms with Gasteiger partial charge in [-0.1, -0.05) is 174 Å². The first-order chi connectivity index (χ1) is 59.9. The van der Waals surface area contributed by atoms with Gasteiger partial charge in [-0.2, -0.15) is 13.2 Å². The average Bonchev–Trinajstić information content (AvgIpc) is 1.57. The molecule has 1 aliphatic heterocycles. The maximum atomic E-state index is 15.7. The summed E-state index contributed by atoms with van der Waals surface area (Å²) in [5.41, 5.74) is 2.42. The Morgan fingerprint density at radius 1 is 0.524 bits per heavy atom. The first kappa shape index (κ1) is 96.4. The maximum absolute atomic E-state index is 15.7. The molecule has 1 aliphatic rings. The van der Waals surface area contributed by atoms with Crippen molar-refractivity contribution in [2.45, 2.75) is 190 Å². The van der Waals surface area contributed by atoms with E-state index in [2.05, 4.69) is 73.8 Å². The second-order valence-corrected chi connectivity index (χ2v) is 31.5. The number of carboxylic acids is 1. The third kappa shape index (κ3) is 26.3. The number of hydrogen-bond donors (Lipinski definition) is 19. The Hall–Kier alpha value is -13.4. The van der Waals surface area contributed by atoms with Gasteiger partial charge in [-0.3, -0.25) is 67.6 Å². The van der Waals surface area contributed by atoms with Gasteiger partial charge >= 0.3 is 12.1 Å². The van der Waals surface area contributed by atoms with E-state index in [0.29, 0.717) is 38.7 Å². The number of carbonyl (C=O) groups excluding carboxylic acids is 13. The van der Waals surface area contributed by atoms with Gasteiger partial charge < -0.3 is 99.1 Å². The zero-order chi connectivity index (χ0) is 91.8. The molecule has 13 amide bonds. The molecule has 6 unspecified atom stereocenters. The van der Waals surface area contributed by atoms with Gasteiger partial charge in [0.15, 0.2) is 0 Å². The van der Waals surface area contributed by atoms with Crippen LogP contribution in [0.15, 0.2) is 176 Å². The van der Waals surface area contributed by atoms with Crippen LogP contribution < -0.4 is 69.1 Å². The fourth-order valence-corrected chi connectivity index (χ4v) is 14.3. The van der Waals surface area contributed by atoms with E-state index in [1.807, 2.05) is 17.4 Å². The largest absolute Gasteiger partial charge is 0.480 e. The Balaban J connectivity index is 1.14. The van der Waals surface area contributed by atoms with E-state index in [1.54, 1.807) is 123 Å². The summed E-state index contributed by atoms with van der Waals surface area (Å²) in [6.07, 6.45) is -8.87. The summed E-state index contributed by atoms with van der Waals surface area (Å²) < 4.78 is 42.2. The van der Waals surface area contributed by atoms with E-state index in [9.17, 15) is 67.2 Å². The molecule has 0 saturated carbocycles. The fraction of sp³-hybridized carbons (Fsp3) is 0.393. The molecule has 19 N–H and O–H groups in total. The van der Waals surface area contributed by atoms with Crippen molar-refractivity contribution >= 4 is 105 Å². The number of nitrogens with one attached hydrogen (secondary N) is 15. The number of nitrogens with zero attached hydrogens (tertiary/aromatic N) is 1. The van der Waals surface area contributed by atoms with Crippen molar-refractivity contribution in [1.29, 1.82) is 0 Å². The third-order valence-corrected chi connectivity index (χ3v) is 21.8. The molecule has 672 valence electrons. The van der Waals surface area contributed by atoms with Crippen molar-refractivity contribution in [3.8, 4) is 0 Å². The van der Waals surface area contributed by atoms with Gasteiger partial charge in [-0.15, -0.1) is 0 Å². The number of alkyl halides is 3. The van der Waals surface area contributed by atoms with Gasteiger partial charge in [0.05, 0.1) is 36.8 Å². The van der Waals surface area contributed by atoms with Crippen molar-refractivity contribution in [2.24, 2.45) is 11.8 Å². The van der Waals surface area contributed by atoms with E-state index < -0.39 is 230 Å². The van der Waals surface area contributed by atoms with E-state index in [-0.39, 0.29) is 36.8 Å². The summed E-state index contributed by atoms with van der Waals surface area (Å²) in [6.45, 7) is 8.02. The lowest BCUT2D eigenvalue weighted by atomic mass is 9.95. The Bertz CT molecular complexity index is 5150. The van der Waals surface area contributed by atoms with Crippen LogP contribution in [-0.2, 0) is 99.0 Å². The van der Waals surface area contributed by atoms with Crippen LogP contribution in [0, 0.1) is 11.8 Å². The number of aliphatic hydroxyl groups excluding tert-OH is 3. The number of para-hydroxylation sites is 2. The third-order valence-electron chi connectivity index (χ3n) is 21.8. The number of carboxylic acid groups (broad SMARTS) is 1. The predicted molar refractivity (Wildman–Crippen MR) is 455 cm³/mol. The van der Waals surface area contributed by atoms with Crippen LogP contribution in [-0.4, -0.2) is 217 Å². The average molecular weight is 1750 g/mol. The second-order valence-electron chi connectivity index (χ2n) is 31.5. The number of benzene rings is 6. The van der Waals surface area contributed by atoms with Crippen LogP contribution in [0.3, 0.4) is 0 Å². The maximum Gasteiger partial charge on any atom is 0.416 e. The molecule has 3 heterocycles. The first-order valence-corrected chi connectivity index (χ1v) is 41.2. The smallest absolute Gasteiger partial charge is 0.416 e. The van der Waals surface area contributed by atoms with Gasteiger partial charge in [0.2, 0.25) is 76.8 Å². The molecule has 37 heteroatoms. The number of aliphatic carboxylic acids is 1. The molecule has 34 nitrogen and oxygen atoms in total. The first-order valence-electron chi connectivity index (χ1n) is 41.2. The fourth-order valence-electron chi connectivity index (χ4n) is 14.3. The number of hydrogen-bond acceptors (Lipinski definition) is 18. The van der Waals surface area contributed by atoms with Gasteiger partial charge in [-0.25, -0.2) is 4.79 Å². The highest BCUT2D eigenvalue weighted by molar-refractivity contribution is 6.01. The zero-order valence-electron chi connectivity index (χ0n) is 70.5. The summed E-state index contributed by atoms with van der Waals surface area (Å²) >= 11 is 0. The summed E-state index contributed by atoms with van der Waals surface area (Å²) in [6, 6.07) is 21.2. The van der Waals surface area contributed by atoms with Crippen LogP contribution >= 0.6 is 0 Å². The summed E-state index contributed by atoms with van der Waals surface area (Å²) in [7, 11) is 1.39. The number of carbonyl (C=O) groups is 14. The molecule has 1 fully saturated rings. The zero-order valence-corrected chi connectivity index (χ0v) is 70.5. The van der Waals surface area contributed by atoms with Gasteiger partial charge in [0.1, 0.15) is 72.6 Å². The lowest BCUT2D eigenvalue weighted by molar-refractivity contribution is -0.144. The minimum absolute atomic E-state index is 0.0350. The molecule has 6 aromatic carbocycles. The Morgan fingerprint density at radius 2 is 1.06 bits per heavy atom. The topological polar surface area (TPSA) is 511 Å². The molecule has 9 rings (SSSR count). The highest BCUT2D eigenvalue weighted by atomic mass is 19.4. The number of rotatable bonds is 23. The number of likely N-dealkylation sites (N-methyl/N-ethyl adjacent to an activating group) is 1. The highest BCUT2D eigenvalue weighted by Crippen LogP contribution is 2.30. The van der Waals surface area contributed by atoms with Gasteiger partial charge in [0, 0.05) is 73.5 Å². The molecule has 0 aliphatic carbocycles. The van der Waals surface area contributed by atoms with E-state index in [4.69, 9.17) is 0 Å². The van der Waals surface area contributed by atoms with Crippen LogP contribution in [0.25, 0.3) is 21.8 Å². The van der Waals surface area contributed by atoms with Crippen LogP contribution in [0.5, 0.6) is 0 Å². The van der Waals surface area contributed by atoms with Crippen LogP contribution in [0.1, 0.15) is 119 Å². The number of halogens is 3.